The molecule has 0 bridgehead atoms. The minimum absolute atomic E-state index is 0.0347. The summed E-state index contributed by atoms with van der Waals surface area (Å²) in [4.78, 5) is 16.1. The van der Waals surface area contributed by atoms with Gasteiger partial charge in [0, 0.05) is 31.7 Å². The number of amides is 1. The van der Waals surface area contributed by atoms with Crippen LogP contribution >= 0.6 is 11.8 Å². The first-order chi connectivity index (χ1) is 10.0. The summed E-state index contributed by atoms with van der Waals surface area (Å²) in [6.07, 6.45) is 2.90. The number of carbonyl (C=O) groups is 1. The zero-order valence-electron chi connectivity index (χ0n) is 12.7. The lowest BCUT2D eigenvalue weighted by Gasteiger charge is -2.39. The average Bonchev–Trinajstić information content (AvgIpc) is 2.93. The Kier molecular flexibility index (Phi) is 4.32. The molecule has 118 valence electrons. The van der Waals surface area contributed by atoms with Crippen molar-refractivity contribution in [3.8, 4) is 0 Å². The fraction of sp³-hybridized carbons (Fsp3) is 0.800. The topological polar surface area (TPSA) is 84.4 Å². The van der Waals surface area contributed by atoms with Crippen molar-refractivity contribution in [2.75, 3.05) is 32.7 Å². The number of hydrogen-bond donors (Lipinski definition) is 3. The lowest BCUT2D eigenvalue weighted by Crippen LogP contribution is -2.51. The molecule has 3 rings (SSSR count). The van der Waals surface area contributed by atoms with Crippen molar-refractivity contribution in [3.05, 3.63) is 10.5 Å². The first-order valence-electron chi connectivity index (χ1n) is 7.91. The first-order valence-corrected chi connectivity index (χ1v) is 8.79. The third-order valence-electron chi connectivity index (χ3n) is 5.22. The molecule has 21 heavy (non-hydrogen) atoms. The van der Waals surface area contributed by atoms with Gasteiger partial charge in [0.05, 0.1) is 5.25 Å². The Morgan fingerprint density at radius 3 is 2.86 bits per heavy atom. The molecule has 0 aromatic carbocycles. The average molecular weight is 310 g/mol. The number of nitrogens with zero attached hydrogens (tertiary/aromatic N) is 1. The Hall–Kier alpha value is -0.560. The fourth-order valence-electron chi connectivity index (χ4n) is 3.75. The Labute approximate surface area is 130 Å². The summed E-state index contributed by atoms with van der Waals surface area (Å²) in [7, 11) is 0. The Morgan fingerprint density at radius 1 is 1.48 bits per heavy atom. The minimum Gasteiger partial charge on any atom is -0.339 e. The molecule has 0 spiro atoms. The number of carbonyl (C=O) groups excluding carboxylic acids is 1. The van der Waals surface area contributed by atoms with E-state index in [9.17, 15) is 4.79 Å². The maximum Gasteiger partial charge on any atom is 0.236 e. The van der Waals surface area contributed by atoms with Crippen LogP contribution in [0, 0.1) is 5.92 Å². The van der Waals surface area contributed by atoms with Crippen LogP contribution in [-0.4, -0.2) is 54.3 Å². The molecule has 2 aliphatic heterocycles. The monoisotopic (exact) mass is 310 g/mol. The molecule has 0 saturated carbocycles. The molecule has 0 aromatic rings. The molecule has 1 saturated heterocycles. The van der Waals surface area contributed by atoms with Crippen molar-refractivity contribution < 1.29 is 4.79 Å². The van der Waals surface area contributed by atoms with E-state index in [4.69, 9.17) is 11.5 Å². The summed E-state index contributed by atoms with van der Waals surface area (Å²) in [5.41, 5.74) is 13.4. The van der Waals surface area contributed by atoms with E-state index in [2.05, 4.69) is 12.2 Å². The highest BCUT2D eigenvalue weighted by molar-refractivity contribution is 8.04. The predicted molar refractivity (Wildman–Crippen MR) is 86.8 cm³/mol. The van der Waals surface area contributed by atoms with E-state index in [1.807, 2.05) is 4.90 Å². The number of rotatable bonds is 2. The van der Waals surface area contributed by atoms with Gasteiger partial charge in [-0.15, -0.1) is 11.8 Å². The highest BCUT2D eigenvalue weighted by atomic mass is 32.2. The summed E-state index contributed by atoms with van der Waals surface area (Å²) < 4.78 is 0. The Bertz CT molecular complexity index is 457. The van der Waals surface area contributed by atoms with Gasteiger partial charge >= 0.3 is 0 Å². The van der Waals surface area contributed by atoms with Crippen molar-refractivity contribution in [1.29, 1.82) is 0 Å². The standard InChI is InChI=1S/C15H26N4OS/c1-15(17)10(9-16)2-3-12-11(15)8-13(21-12)14(20)19-6-4-18-5-7-19/h10,13,18H,2-9,16-17H2,1H3/t10?,13?,15-/m1/s1. The third-order valence-corrected chi connectivity index (χ3v) is 6.61. The minimum atomic E-state index is -0.339. The van der Waals surface area contributed by atoms with Crippen LogP contribution in [0.4, 0.5) is 0 Å². The molecule has 2 unspecified atom stereocenters. The molecule has 1 amide bonds. The van der Waals surface area contributed by atoms with E-state index in [0.717, 1.165) is 45.4 Å². The lowest BCUT2D eigenvalue weighted by atomic mass is 9.72. The van der Waals surface area contributed by atoms with Crippen LogP contribution in [0.1, 0.15) is 26.2 Å². The summed E-state index contributed by atoms with van der Waals surface area (Å²) in [5, 5.41) is 3.33. The van der Waals surface area contributed by atoms with Crippen LogP contribution in [0.15, 0.2) is 10.5 Å². The number of thioether (sulfide) groups is 1. The highest BCUT2D eigenvalue weighted by Gasteiger charge is 2.45. The molecule has 3 atom stereocenters. The SMILES string of the molecule is C[C@]1(N)C2=C(CCC1CN)SC(C(=O)N1CCNCC1)C2. The van der Waals surface area contributed by atoms with Gasteiger partial charge in [0.25, 0.3) is 0 Å². The molecule has 5 nitrogen and oxygen atoms in total. The molecule has 1 aliphatic carbocycles. The summed E-state index contributed by atoms with van der Waals surface area (Å²) in [6, 6.07) is 0. The van der Waals surface area contributed by atoms with Gasteiger partial charge in [0.2, 0.25) is 5.91 Å². The van der Waals surface area contributed by atoms with Gasteiger partial charge in [-0.25, -0.2) is 0 Å². The van der Waals surface area contributed by atoms with Gasteiger partial charge in [0.1, 0.15) is 0 Å². The van der Waals surface area contributed by atoms with Gasteiger partial charge in [-0.1, -0.05) is 0 Å². The molecular weight excluding hydrogens is 284 g/mol. The number of piperazine rings is 1. The number of allylic oxidation sites excluding steroid dienone is 1. The fourth-order valence-corrected chi connectivity index (χ4v) is 5.28. The second kappa shape index (κ2) is 5.91. The van der Waals surface area contributed by atoms with Crippen molar-refractivity contribution in [1.82, 2.24) is 10.2 Å². The maximum atomic E-state index is 12.7. The summed E-state index contributed by atoms with van der Waals surface area (Å²) in [6.45, 7) is 6.18. The summed E-state index contributed by atoms with van der Waals surface area (Å²) in [5.74, 6) is 0.626. The van der Waals surface area contributed by atoms with E-state index in [1.54, 1.807) is 11.8 Å². The third kappa shape index (κ3) is 2.74. The van der Waals surface area contributed by atoms with E-state index >= 15 is 0 Å². The maximum absolute atomic E-state index is 12.7. The predicted octanol–water partition coefficient (Wildman–Crippen LogP) is 0.264. The molecule has 1 fully saturated rings. The lowest BCUT2D eigenvalue weighted by molar-refractivity contribution is -0.131. The van der Waals surface area contributed by atoms with E-state index in [1.165, 1.54) is 10.5 Å². The Morgan fingerprint density at radius 2 is 2.19 bits per heavy atom. The number of nitrogens with one attached hydrogen (secondary N) is 1. The van der Waals surface area contributed by atoms with E-state index in [0.29, 0.717) is 12.5 Å². The number of hydrogen-bond acceptors (Lipinski definition) is 5. The van der Waals surface area contributed by atoms with Crippen LogP contribution in [0.3, 0.4) is 0 Å². The van der Waals surface area contributed by atoms with E-state index < -0.39 is 0 Å². The Balaban J connectivity index is 1.70. The quantitative estimate of drug-likeness (QED) is 0.681. The van der Waals surface area contributed by atoms with Crippen LogP contribution in [0.2, 0.25) is 0 Å². The van der Waals surface area contributed by atoms with E-state index in [-0.39, 0.29) is 16.7 Å². The molecule has 6 heteroatoms. The largest absolute Gasteiger partial charge is 0.339 e. The van der Waals surface area contributed by atoms with Gasteiger partial charge in [-0.3, -0.25) is 4.79 Å². The normalized spacial score (nSPS) is 36.8. The van der Waals surface area contributed by atoms with Crippen LogP contribution in [0.25, 0.3) is 0 Å². The van der Waals surface area contributed by atoms with Gasteiger partial charge in [0.15, 0.2) is 0 Å². The summed E-state index contributed by atoms with van der Waals surface area (Å²) >= 11 is 1.76. The zero-order valence-corrected chi connectivity index (χ0v) is 13.5. The van der Waals surface area contributed by atoms with Crippen molar-refractivity contribution in [3.63, 3.8) is 0 Å². The first kappa shape index (κ1) is 15.3. The smallest absolute Gasteiger partial charge is 0.236 e. The number of nitrogens with two attached hydrogens (primary N) is 2. The van der Waals surface area contributed by atoms with Crippen molar-refractivity contribution >= 4 is 17.7 Å². The van der Waals surface area contributed by atoms with Crippen LogP contribution in [0.5, 0.6) is 0 Å². The molecule has 2 heterocycles. The van der Waals surface area contributed by atoms with Gasteiger partial charge in [-0.05, 0) is 49.1 Å². The van der Waals surface area contributed by atoms with Gasteiger partial charge < -0.3 is 21.7 Å². The van der Waals surface area contributed by atoms with Crippen molar-refractivity contribution in [2.24, 2.45) is 17.4 Å². The molecule has 5 N–H and O–H groups in total. The highest BCUT2D eigenvalue weighted by Crippen LogP contribution is 2.50. The van der Waals surface area contributed by atoms with Crippen molar-refractivity contribution in [2.45, 2.75) is 37.0 Å². The molecule has 3 aliphatic rings. The second-order valence-electron chi connectivity index (χ2n) is 6.54. The molecular formula is C15H26N4OS. The molecule has 0 aromatic heterocycles. The van der Waals surface area contributed by atoms with Crippen LogP contribution in [-0.2, 0) is 4.79 Å². The second-order valence-corrected chi connectivity index (χ2v) is 7.84. The van der Waals surface area contributed by atoms with Crippen LogP contribution < -0.4 is 16.8 Å². The molecule has 0 radical (unpaired) electrons. The zero-order chi connectivity index (χ0) is 15.0. The van der Waals surface area contributed by atoms with Gasteiger partial charge in [-0.2, -0.15) is 0 Å².